The lowest BCUT2D eigenvalue weighted by Gasteiger charge is -2.06. The van der Waals surface area contributed by atoms with Crippen LogP contribution in [0.3, 0.4) is 0 Å². The molecule has 0 fully saturated rings. The van der Waals surface area contributed by atoms with Crippen molar-refractivity contribution in [2.45, 2.75) is 0 Å². The first-order chi connectivity index (χ1) is 8.21. The van der Waals surface area contributed by atoms with Gasteiger partial charge in [0.25, 0.3) is 5.78 Å². The minimum absolute atomic E-state index is 0.0101. The van der Waals surface area contributed by atoms with Crippen molar-refractivity contribution in [3.8, 4) is 11.5 Å². The first kappa shape index (κ1) is 11.2. The van der Waals surface area contributed by atoms with Gasteiger partial charge in [-0.25, -0.2) is 0 Å². The summed E-state index contributed by atoms with van der Waals surface area (Å²) in [7, 11) is 3.01. The standard InChI is InChI=1S/C12H10O5/c1-15-10-3-7-6-17-12(9(14)5-13)8(7)4-11(10)16-2/h3-6H,1-2H3. The summed E-state index contributed by atoms with van der Waals surface area (Å²) in [5.41, 5.74) is 0. The van der Waals surface area contributed by atoms with Crippen LogP contribution in [0, 0.1) is 0 Å². The molecule has 0 unspecified atom stereocenters. The van der Waals surface area contributed by atoms with E-state index in [9.17, 15) is 9.59 Å². The lowest BCUT2D eigenvalue weighted by molar-refractivity contribution is -0.104. The monoisotopic (exact) mass is 234 g/mol. The number of hydrogen-bond donors (Lipinski definition) is 0. The molecule has 0 bridgehead atoms. The molecule has 1 aromatic heterocycles. The normalized spacial score (nSPS) is 10.2. The second-order valence-corrected chi connectivity index (χ2v) is 3.34. The Kier molecular flexibility index (Phi) is 2.82. The summed E-state index contributed by atoms with van der Waals surface area (Å²) in [6.07, 6.45) is 1.61. The van der Waals surface area contributed by atoms with Crippen LogP contribution in [0.4, 0.5) is 0 Å². The summed E-state index contributed by atoms with van der Waals surface area (Å²) in [5.74, 6) is 0.315. The number of Topliss-reactive ketones (excluding diaryl/α,β-unsaturated/α-hetero) is 1. The first-order valence-corrected chi connectivity index (χ1v) is 4.84. The number of ether oxygens (including phenoxy) is 2. The number of carbonyl (C=O) groups excluding carboxylic acids is 2. The van der Waals surface area contributed by atoms with Gasteiger partial charge >= 0.3 is 0 Å². The molecule has 5 nitrogen and oxygen atoms in total. The Bertz CT molecular complexity index is 582. The molecule has 0 aliphatic carbocycles. The van der Waals surface area contributed by atoms with E-state index in [0.29, 0.717) is 22.3 Å². The largest absolute Gasteiger partial charge is 0.493 e. The summed E-state index contributed by atoms with van der Waals surface area (Å²) in [6.45, 7) is 0. The molecule has 2 aromatic rings. The maximum atomic E-state index is 11.3. The van der Waals surface area contributed by atoms with E-state index < -0.39 is 5.78 Å². The van der Waals surface area contributed by atoms with Crippen molar-refractivity contribution in [3.63, 3.8) is 0 Å². The van der Waals surface area contributed by atoms with Crippen molar-refractivity contribution >= 4 is 22.8 Å². The number of aldehydes is 1. The van der Waals surface area contributed by atoms with Crippen LogP contribution in [0.15, 0.2) is 22.8 Å². The van der Waals surface area contributed by atoms with E-state index in [0.717, 1.165) is 0 Å². The Labute approximate surface area is 96.9 Å². The Morgan fingerprint density at radius 2 is 1.88 bits per heavy atom. The van der Waals surface area contributed by atoms with Gasteiger partial charge in [0, 0.05) is 10.8 Å². The van der Waals surface area contributed by atoms with Crippen LogP contribution in [-0.4, -0.2) is 26.3 Å². The molecule has 0 atom stereocenters. The molecule has 0 aliphatic rings. The molecule has 5 heteroatoms. The molecule has 88 valence electrons. The van der Waals surface area contributed by atoms with Crippen LogP contribution < -0.4 is 9.47 Å². The molecule has 0 aliphatic heterocycles. The van der Waals surface area contributed by atoms with Crippen molar-refractivity contribution in [3.05, 3.63) is 24.2 Å². The van der Waals surface area contributed by atoms with Gasteiger partial charge in [-0.05, 0) is 12.1 Å². The molecule has 17 heavy (non-hydrogen) atoms. The van der Waals surface area contributed by atoms with Crippen LogP contribution in [-0.2, 0) is 4.79 Å². The summed E-state index contributed by atoms with van der Waals surface area (Å²) < 4.78 is 15.3. The van der Waals surface area contributed by atoms with Gasteiger partial charge in [-0.15, -0.1) is 0 Å². The molecule has 1 aromatic carbocycles. The SMILES string of the molecule is COc1cc2coc(C(=O)C=O)c2cc1OC. The fourth-order valence-corrected chi connectivity index (χ4v) is 1.62. The predicted octanol–water partition coefficient (Wildman–Crippen LogP) is 1.83. The Balaban J connectivity index is 2.68. The quantitative estimate of drug-likeness (QED) is 0.458. The second kappa shape index (κ2) is 4.29. The molecule has 0 spiro atoms. The number of carbonyl (C=O) groups is 2. The molecular weight excluding hydrogens is 224 g/mol. The van der Waals surface area contributed by atoms with Gasteiger partial charge < -0.3 is 13.9 Å². The zero-order valence-corrected chi connectivity index (χ0v) is 9.35. The summed E-state index contributed by atoms with van der Waals surface area (Å²) in [4.78, 5) is 21.8. The van der Waals surface area contributed by atoms with Gasteiger partial charge in [0.2, 0.25) is 0 Å². The van der Waals surface area contributed by atoms with Crippen molar-refractivity contribution in [2.75, 3.05) is 14.2 Å². The maximum Gasteiger partial charge on any atom is 0.261 e. The third-order valence-corrected chi connectivity index (χ3v) is 2.43. The lowest BCUT2D eigenvalue weighted by atomic mass is 10.1. The number of rotatable bonds is 4. The second-order valence-electron chi connectivity index (χ2n) is 3.34. The minimum atomic E-state index is -0.702. The van der Waals surface area contributed by atoms with Gasteiger partial charge in [0.05, 0.1) is 20.5 Å². The van der Waals surface area contributed by atoms with Crippen LogP contribution in [0.25, 0.3) is 10.8 Å². The highest BCUT2D eigenvalue weighted by Crippen LogP contribution is 2.34. The first-order valence-electron chi connectivity index (χ1n) is 4.84. The number of ketones is 1. The average Bonchev–Trinajstić information content (AvgIpc) is 2.78. The molecule has 2 rings (SSSR count). The zero-order chi connectivity index (χ0) is 12.4. The smallest absolute Gasteiger partial charge is 0.261 e. The van der Waals surface area contributed by atoms with Gasteiger partial charge in [-0.2, -0.15) is 0 Å². The molecule has 0 amide bonds. The van der Waals surface area contributed by atoms with Crippen molar-refractivity contribution in [1.29, 1.82) is 0 Å². The zero-order valence-electron chi connectivity index (χ0n) is 9.35. The minimum Gasteiger partial charge on any atom is -0.493 e. The molecule has 0 radical (unpaired) electrons. The molecular formula is C12H10O5. The topological polar surface area (TPSA) is 65.7 Å². The fourth-order valence-electron chi connectivity index (χ4n) is 1.62. The highest BCUT2D eigenvalue weighted by Gasteiger charge is 2.16. The highest BCUT2D eigenvalue weighted by molar-refractivity contribution is 6.35. The number of fused-ring (bicyclic) bond motifs is 1. The molecule has 0 saturated carbocycles. The van der Waals surface area contributed by atoms with Gasteiger partial charge in [-0.1, -0.05) is 0 Å². The van der Waals surface area contributed by atoms with E-state index in [1.807, 2.05) is 0 Å². The number of methoxy groups -OCH3 is 2. The average molecular weight is 234 g/mol. The maximum absolute atomic E-state index is 11.3. The summed E-state index contributed by atoms with van der Waals surface area (Å²) in [6, 6.07) is 3.29. The number of benzene rings is 1. The van der Waals surface area contributed by atoms with Crippen LogP contribution in [0.5, 0.6) is 11.5 Å². The van der Waals surface area contributed by atoms with E-state index in [-0.39, 0.29) is 12.0 Å². The van der Waals surface area contributed by atoms with Crippen molar-refractivity contribution in [1.82, 2.24) is 0 Å². The van der Waals surface area contributed by atoms with Crippen molar-refractivity contribution in [2.24, 2.45) is 0 Å². The predicted molar refractivity (Wildman–Crippen MR) is 59.7 cm³/mol. The molecule has 1 heterocycles. The third-order valence-electron chi connectivity index (χ3n) is 2.43. The van der Waals surface area contributed by atoms with E-state index in [1.54, 1.807) is 12.1 Å². The molecule has 0 N–H and O–H groups in total. The number of hydrogen-bond acceptors (Lipinski definition) is 5. The lowest BCUT2D eigenvalue weighted by Crippen LogP contribution is -1.98. The van der Waals surface area contributed by atoms with E-state index in [4.69, 9.17) is 13.9 Å². The van der Waals surface area contributed by atoms with Crippen LogP contribution in [0.2, 0.25) is 0 Å². The Morgan fingerprint density at radius 1 is 1.24 bits per heavy atom. The van der Waals surface area contributed by atoms with Gasteiger partial charge in [-0.3, -0.25) is 9.59 Å². The van der Waals surface area contributed by atoms with Crippen LogP contribution in [0.1, 0.15) is 10.6 Å². The summed E-state index contributed by atoms with van der Waals surface area (Å²) >= 11 is 0. The van der Waals surface area contributed by atoms with Gasteiger partial charge in [0.1, 0.15) is 0 Å². The highest BCUT2D eigenvalue weighted by atomic mass is 16.5. The molecule has 0 saturated heterocycles. The van der Waals surface area contributed by atoms with E-state index >= 15 is 0 Å². The van der Waals surface area contributed by atoms with Crippen molar-refractivity contribution < 1.29 is 23.5 Å². The Hall–Kier alpha value is -2.30. The van der Waals surface area contributed by atoms with E-state index in [2.05, 4.69) is 0 Å². The van der Waals surface area contributed by atoms with Crippen LogP contribution >= 0.6 is 0 Å². The third kappa shape index (κ3) is 1.75. The number of furan rings is 1. The van der Waals surface area contributed by atoms with E-state index in [1.165, 1.54) is 20.5 Å². The summed E-state index contributed by atoms with van der Waals surface area (Å²) in [5, 5.41) is 1.20. The Morgan fingerprint density at radius 3 is 2.47 bits per heavy atom. The fraction of sp³-hybridized carbons (Fsp3) is 0.167. The van der Waals surface area contributed by atoms with Gasteiger partial charge in [0.15, 0.2) is 23.5 Å².